The molecule has 3 aromatic carbocycles. The molecule has 0 atom stereocenters. The van der Waals surface area contributed by atoms with Crippen LogP contribution in [0.1, 0.15) is 4.88 Å². The monoisotopic (exact) mass is 533 g/mol. The number of sulfonamides is 1. The number of ether oxygens (including phenoxy) is 1. The van der Waals surface area contributed by atoms with Gasteiger partial charge in [0.05, 0.1) is 19.1 Å². The van der Waals surface area contributed by atoms with Crippen LogP contribution in [0.4, 0.5) is 5.69 Å². The van der Waals surface area contributed by atoms with Crippen molar-refractivity contribution in [2.45, 2.75) is 6.92 Å². The van der Waals surface area contributed by atoms with Crippen molar-refractivity contribution in [3.63, 3.8) is 0 Å². The van der Waals surface area contributed by atoms with Gasteiger partial charge >= 0.3 is 5.69 Å². The highest BCUT2D eigenvalue weighted by molar-refractivity contribution is 7.92. The van der Waals surface area contributed by atoms with Crippen molar-refractivity contribution in [1.29, 1.82) is 0 Å². The van der Waals surface area contributed by atoms with Crippen LogP contribution in [0.15, 0.2) is 82.5 Å². The first kappa shape index (κ1) is 24.5. The zero-order valence-corrected chi connectivity index (χ0v) is 21.9. The Kier molecular flexibility index (Phi) is 6.22. The molecule has 188 valence electrons. The van der Waals surface area contributed by atoms with E-state index in [4.69, 9.17) is 4.74 Å². The minimum atomic E-state index is -3.39. The lowest BCUT2D eigenvalue weighted by Crippen LogP contribution is -2.27. The van der Waals surface area contributed by atoms with E-state index in [2.05, 4.69) is 9.71 Å². The third kappa shape index (κ3) is 5.07. The molecule has 37 heavy (non-hydrogen) atoms. The molecule has 0 amide bonds. The van der Waals surface area contributed by atoms with Gasteiger partial charge in [-0.15, -0.1) is 11.3 Å². The van der Waals surface area contributed by atoms with Crippen LogP contribution < -0.4 is 20.7 Å². The van der Waals surface area contributed by atoms with Gasteiger partial charge in [0.1, 0.15) is 5.75 Å². The fraction of sp³-hybridized carbons (Fsp3) is 0.111. The number of aryl methyl sites for hydroxylation is 1. The molecule has 0 spiro atoms. The molecule has 0 saturated carbocycles. The van der Waals surface area contributed by atoms with Crippen molar-refractivity contribution in [2.24, 2.45) is 0 Å². The predicted molar refractivity (Wildman–Crippen MR) is 149 cm³/mol. The number of nitrogens with one attached hydrogen (secondary N) is 2. The second kappa shape index (κ2) is 9.38. The number of H-pyrrole nitrogens is 1. The van der Waals surface area contributed by atoms with Crippen LogP contribution >= 0.6 is 11.3 Å². The fourth-order valence-electron chi connectivity index (χ4n) is 4.26. The lowest BCUT2D eigenvalue weighted by Gasteiger charge is -2.17. The molecule has 5 rings (SSSR count). The Bertz CT molecular complexity index is 1880. The highest BCUT2D eigenvalue weighted by Gasteiger charge is 2.18. The number of hydrogen-bond donors (Lipinski definition) is 2. The van der Waals surface area contributed by atoms with Crippen LogP contribution in [-0.2, 0) is 10.0 Å². The number of hydrogen-bond acceptors (Lipinski definition) is 6. The zero-order valence-electron chi connectivity index (χ0n) is 20.2. The molecule has 5 aromatic rings. The normalized spacial score (nSPS) is 11.5. The molecule has 8 nitrogen and oxygen atoms in total. The van der Waals surface area contributed by atoms with Gasteiger partial charge < -0.3 is 4.74 Å². The summed E-state index contributed by atoms with van der Waals surface area (Å²) in [7, 11) is -1.78. The maximum Gasteiger partial charge on any atom is 0.332 e. The molecule has 0 fully saturated rings. The minimum Gasteiger partial charge on any atom is -0.495 e. The molecule has 10 heteroatoms. The summed E-state index contributed by atoms with van der Waals surface area (Å²) in [6.45, 7) is 2.02. The van der Waals surface area contributed by atoms with E-state index in [9.17, 15) is 18.0 Å². The first-order valence-electron chi connectivity index (χ1n) is 11.2. The first-order valence-corrected chi connectivity index (χ1v) is 14.0. The summed E-state index contributed by atoms with van der Waals surface area (Å²) in [6, 6.07) is 20.2. The summed E-state index contributed by atoms with van der Waals surface area (Å²) in [4.78, 5) is 28.7. The van der Waals surface area contributed by atoms with E-state index in [1.54, 1.807) is 30.6 Å². The van der Waals surface area contributed by atoms with Crippen molar-refractivity contribution < 1.29 is 13.2 Å². The number of anilines is 1. The van der Waals surface area contributed by atoms with Crippen LogP contribution in [0.5, 0.6) is 5.75 Å². The van der Waals surface area contributed by atoms with E-state index in [1.807, 2.05) is 55.5 Å². The summed E-state index contributed by atoms with van der Waals surface area (Å²) in [5, 5.41) is 1.76. The van der Waals surface area contributed by atoms with E-state index in [1.165, 1.54) is 16.8 Å². The number of aromatic amines is 1. The SMILES string of the molecule is COc1c(-c2ccc3cc(NS(C)(=O)=O)ccc3c2)cc(-n2ccc(=O)[nH]c2=O)cc1-c1ccc(C)s1. The van der Waals surface area contributed by atoms with Gasteiger partial charge in [-0.3, -0.25) is 19.1 Å². The summed E-state index contributed by atoms with van der Waals surface area (Å²) in [5.74, 6) is 0.651. The van der Waals surface area contributed by atoms with E-state index in [0.29, 0.717) is 17.1 Å². The summed E-state index contributed by atoms with van der Waals surface area (Å²) < 4.78 is 33.0. The van der Waals surface area contributed by atoms with Gasteiger partial charge in [-0.2, -0.15) is 0 Å². The van der Waals surface area contributed by atoms with Crippen LogP contribution in [0, 0.1) is 6.92 Å². The number of thiophene rings is 1. The number of methoxy groups -OCH3 is 1. The van der Waals surface area contributed by atoms with Gasteiger partial charge in [-0.1, -0.05) is 18.2 Å². The summed E-state index contributed by atoms with van der Waals surface area (Å²) in [6.07, 6.45) is 2.56. The van der Waals surface area contributed by atoms with Gasteiger partial charge in [0, 0.05) is 38.8 Å². The number of benzene rings is 3. The highest BCUT2D eigenvalue weighted by atomic mass is 32.2. The molecule has 2 heterocycles. The van der Waals surface area contributed by atoms with Crippen LogP contribution in [0.3, 0.4) is 0 Å². The van der Waals surface area contributed by atoms with Gasteiger partial charge in [0.15, 0.2) is 0 Å². The second-order valence-electron chi connectivity index (χ2n) is 8.62. The van der Waals surface area contributed by atoms with Crippen LogP contribution in [0.25, 0.3) is 38.0 Å². The smallest absolute Gasteiger partial charge is 0.332 e. The van der Waals surface area contributed by atoms with Gasteiger partial charge in [0.25, 0.3) is 5.56 Å². The molecule has 0 aliphatic rings. The number of aromatic nitrogens is 2. The van der Waals surface area contributed by atoms with E-state index in [-0.39, 0.29) is 0 Å². The highest BCUT2D eigenvalue weighted by Crippen LogP contribution is 2.43. The zero-order chi connectivity index (χ0) is 26.3. The van der Waals surface area contributed by atoms with Crippen molar-refractivity contribution in [1.82, 2.24) is 9.55 Å². The molecule has 0 radical (unpaired) electrons. The molecular formula is C27H23N3O5S2. The molecule has 0 aliphatic heterocycles. The Hall–Kier alpha value is -4.15. The summed E-state index contributed by atoms with van der Waals surface area (Å²) >= 11 is 1.61. The third-order valence-corrected chi connectivity index (χ3v) is 7.48. The number of nitrogens with zero attached hydrogens (tertiary/aromatic N) is 1. The van der Waals surface area contributed by atoms with E-state index >= 15 is 0 Å². The van der Waals surface area contributed by atoms with Crippen molar-refractivity contribution in [3.05, 3.63) is 98.6 Å². The predicted octanol–water partition coefficient (Wildman–Crippen LogP) is 4.76. The average molecular weight is 534 g/mol. The van der Waals surface area contributed by atoms with Gasteiger partial charge in [0.2, 0.25) is 10.0 Å². The Morgan fingerprint density at radius 3 is 2.32 bits per heavy atom. The quantitative estimate of drug-likeness (QED) is 0.327. The standard InChI is InChI=1S/C27H23N3O5S2/c1-16-4-9-24(36-16)23-15-21(30-11-10-25(31)28-27(30)32)14-22(26(23)35-2)19-6-5-18-13-20(29-37(3,33)34)8-7-17(18)12-19/h4-15,29H,1-3H3,(H,28,31,32). The number of fused-ring (bicyclic) bond motifs is 1. The Balaban J connectivity index is 1.73. The largest absolute Gasteiger partial charge is 0.495 e. The topological polar surface area (TPSA) is 110 Å². The molecule has 2 aromatic heterocycles. The molecule has 0 saturated heterocycles. The Labute approximate surface area is 216 Å². The van der Waals surface area contributed by atoms with Crippen molar-refractivity contribution in [3.8, 4) is 33.0 Å². The Morgan fingerprint density at radius 1 is 0.919 bits per heavy atom. The molecule has 0 unspecified atom stereocenters. The molecule has 0 bridgehead atoms. The lowest BCUT2D eigenvalue weighted by atomic mass is 9.96. The minimum absolute atomic E-state index is 0.469. The number of rotatable bonds is 6. The summed E-state index contributed by atoms with van der Waals surface area (Å²) in [5.41, 5.74) is 2.48. The average Bonchev–Trinajstić information content (AvgIpc) is 3.28. The van der Waals surface area contributed by atoms with Crippen LogP contribution in [-0.4, -0.2) is 31.3 Å². The molecule has 0 aliphatic carbocycles. The van der Waals surface area contributed by atoms with Crippen LogP contribution in [0.2, 0.25) is 0 Å². The van der Waals surface area contributed by atoms with Gasteiger partial charge in [-0.05, 0) is 65.7 Å². The van der Waals surface area contributed by atoms with Crippen molar-refractivity contribution in [2.75, 3.05) is 18.1 Å². The molecule has 2 N–H and O–H groups in total. The van der Waals surface area contributed by atoms with Gasteiger partial charge in [-0.25, -0.2) is 13.2 Å². The molecular weight excluding hydrogens is 510 g/mol. The van der Waals surface area contributed by atoms with E-state index < -0.39 is 21.3 Å². The maximum atomic E-state index is 12.6. The Morgan fingerprint density at radius 2 is 1.65 bits per heavy atom. The fourth-order valence-corrected chi connectivity index (χ4v) is 5.70. The lowest BCUT2D eigenvalue weighted by molar-refractivity contribution is 0.418. The first-order chi connectivity index (χ1) is 17.6. The maximum absolute atomic E-state index is 12.6. The second-order valence-corrected chi connectivity index (χ2v) is 11.7. The van der Waals surface area contributed by atoms with E-state index in [0.717, 1.165) is 43.5 Å². The third-order valence-electron chi connectivity index (χ3n) is 5.84. The van der Waals surface area contributed by atoms with Crippen molar-refractivity contribution >= 4 is 37.8 Å².